The van der Waals surface area contributed by atoms with Crippen LogP contribution >= 0.6 is 15.9 Å². The van der Waals surface area contributed by atoms with Gasteiger partial charge in [0.1, 0.15) is 0 Å². The summed E-state index contributed by atoms with van der Waals surface area (Å²) in [5.41, 5.74) is 2.24. The van der Waals surface area contributed by atoms with Gasteiger partial charge in [-0.05, 0) is 49.7 Å². The minimum absolute atomic E-state index is 0.0978. The van der Waals surface area contributed by atoms with Crippen molar-refractivity contribution in [1.29, 1.82) is 0 Å². The molecule has 0 radical (unpaired) electrons. The number of carbonyl (C=O) groups is 2. The molecule has 0 saturated heterocycles. The number of hydrogen-bond donors (Lipinski definition) is 3. The third-order valence-electron chi connectivity index (χ3n) is 3.17. The molecule has 0 aliphatic heterocycles. The predicted molar refractivity (Wildman–Crippen MR) is 99.0 cm³/mol. The normalized spacial score (nSPS) is 10.3. The van der Waals surface area contributed by atoms with Gasteiger partial charge in [-0.25, -0.2) is 4.79 Å². The summed E-state index contributed by atoms with van der Waals surface area (Å²) in [6, 6.07) is 14.5. The van der Waals surface area contributed by atoms with Crippen LogP contribution in [0.2, 0.25) is 0 Å². The Bertz CT molecular complexity index is 714. The van der Waals surface area contributed by atoms with E-state index in [1.54, 1.807) is 12.1 Å². The van der Waals surface area contributed by atoms with Gasteiger partial charge in [0.2, 0.25) is 0 Å². The first-order chi connectivity index (χ1) is 11.4. The van der Waals surface area contributed by atoms with Crippen LogP contribution in [0, 0.1) is 0 Å². The molecule has 0 aromatic heterocycles. The third kappa shape index (κ3) is 5.70. The van der Waals surface area contributed by atoms with E-state index in [2.05, 4.69) is 31.9 Å². The van der Waals surface area contributed by atoms with Crippen molar-refractivity contribution in [2.75, 3.05) is 5.32 Å². The van der Waals surface area contributed by atoms with Crippen molar-refractivity contribution >= 4 is 33.6 Å². The van der Waals surface area contributed by atoms with Gasteiger partial charge in [0.25, 0.3) is 5.91 Å². The van der Waals surface area contributed by atoms with Crippen molar-refractivity contribution in [2.24, 2.45) is 0 Å². The van der Waals surface area contributed by atoms with Crippen LogP contribution in [-0.4, -0.2) is 18.0 Å². The first-order valence-corrected chi connectivity index (χ1v) is 8.43. The van der Waals surface area contributed by atoms with E-state index in [1.165, 1.54) is 0 Å². The van der Waals surface area contributed by atoms with Gasteiger partial charge in [-0.1, -0.05) is 34.1 Å². The van der Waals surface area contributed by atoms with Crippen LogP contribution in [0.5, 0.6) is 0 Å². The van der Waals surface area contributed by atoms with Crippen molar-refractivity contribution in [3.63, 3.8) is 0 Å². The quantitative estimate of drug-likeness (QED) is 0.725. The highest BCUT2D eigenvalue weighted by atomic mass is 79.9. The molecule has 2 aromatic carbocycles. The van der Waals surface area contributed by atoms with E-state index in [1.807, 2.05) is 50.2 Å². The Balaban J connectivity index is 1.90. The van der Waals surface area contributed by atoms with Crippen LogP contribution < -0.4 is 16.0 Å². The van der Waals surface area contributed by atoms with E-state index in [9.17, 15) is 9.59 Å². The maximum Gasteiger partial charge on any atom is 0.315 e. The van der Waals surface area contributed by atoms with E-state index in [4.69, 9.17) is 0 Å². The summed E-state index contributed by atoms with van der Waals surface area (Å²) in [6.45, 7) is 4.24. The Labute approximate surface area is 150 Å². The van der Waals surface area contributed by atoms with Crippen molar-refractivity contribution in [3.05, 3.63) is 64.1 Å². The SMILES string of the molecule is CC(C)NC(=O)NCc1ccc(NC(=O)c2cccc(Br)c2)cc1. The number of rotatable bonds is 5. The van der Waals surface area contributed by atoms with Gasteiger partial charge in [0, 0.05) is 28.3 Å². The predicted octanol–water partition coefficient (Wildman–Crippen LogP) is 3.91. The van der Waals surface area contributed by atoms with Crippen LogP contribution in [0.3, 0.4) is 0 Å². The first-order valence-electron chi connectivity index (χ1n) is 7.64. The molecule has 0 fully saturated rings. The lowest BCUT2D eigenvalue weighted by molar-refractivity contribution is 0.102. The summed E-state index contributed by atoms with van der Waals surface area (Å²) >= 11 is 3.35. The van der Waals surface area contributed by atoms with Crippen LogP contribution in [0.1, 0.15) is 29.8 Å². The monoisotopic (exact) mass is 389 g/mol. The van der Waals surface area contributed by atoms with Crippen molar-refractivity contribution in [3.8, 4) is 0 Å². The van der Waals surface area contributed by atoms with Gasteiger partial charge >= 0.3 is 6.03 Å². The number of carbonyl (C=O) groups excluding carboxylic acids is 2. The molecule has 2 aromatic rings. The molecule has 5 nitrogen and oxygen atoms in total. The lowest BCUT2D eigenvalue weighted by Gasteiger charge is -2.11. The van der Waals surface area contributed by atoms with Crippen LogP contribution in [0.25, 0.3) is 0 Å². The molecule has 3 N–H and O–H groups in total. The van der Waals surface area contributed by atoms with Crippen LogP contribution in [0.4, 0.5) is 10.5 Å². The summed E-state index contributed by atoms with van der Waals surface area (Å²) in [7, 11) is 0. The fraction of sp³-hybridized carbons (Fsp3) is 0.222. The molecule has 2 rings (SSSR count). The highest BCUT2D eigenvalue weighted by Gasteiger charge is 2.07. The van der Waals surface area contributed by atoms with Gasteiger partial charge in [-0.15, -0.1) is 0 Å². The Morgan fingerprint density at radius 2 is 1.79 bits per heavy atom. The molecule has 3 amide bonds. The number of anilines is 1. The Morgan fingerprint density at radius 1 is 1.08 bits per heavy atom. The van der Waals surface area contributed by atoms with Gasteiger partial charge in [0.15, 0.2) is 0 Å². The number of halogens is 1. The minimum atomic E-state index is -0.197. The largest absolute Gasteiger partial charge is 0.336 e. The van der Waals surface area contributed by atoms with E-state index in [-0.39, 0.29) is 18.0 Å². The molecule has 126 valence electrons. The second-order valence-corrected chi connectivity index (χ2v) is 6.56. The number of nitrogens with one attached hydrogen (secondary N) is 3. The van der Waals surface area contributed by atoms with E-state index < -0.39 is 0 Å². The van der Waals surface area contributed by atoms with Crippen molar-refractivity contribution in [1.82, 2.24) is 10.6 Å². The van der Waals surface area contributed by atoms with Gasteiger partial charge in [0.05, 0.1) is 0 Å². The summed E-state index contributed by atoms with van der Waals surface area (Å²) in [5.74, 6) is -0.168. The van der Waals surface area contributed by atoms with E-state index in [0.717, 1.165) is 10.0 Å². The summed E-state index contributed by atoms with van der Waals surface area (Å²) in [4.78, 5) is 23.7. The number of hydrogen-bond acceptors (Lipinski definition) is 2. The molecule has 0 saturated carbocycles. The smallest absolute Gasteiger partial charge is 0.315 e. The average Bonchev–Trinajstić information content (AvgIpc) is 2.53. The molecular weight excluding hydrogens is 370 g/mol. The Kier molecular flexibility index (Phi) is 6.37. The van der Waals surface area contributed by atoms with E-state index >= 15 is 0 Å². The zero-order valence-electron chi connectivity index (χ0n) is 13.6. The van der Waals surface area contributed by atoms with Crippen LogP contribution in [0.15, 0.2) is 53.0 Å². The maximum atomic E-state index is 12.2. The molecule has 0 atom stereocenters. The molecule has 0 spiro atoms. The topological polar surface area (TPSA) is 70.2 Å². The highest BCUT2D eigenvalue weighted by Crippen LogP contribution is 2.15. The van der Waals surface area contributed by atoms with Crippen LogP contribution in [-0.2, 0) is 6.54 Å². The molecule has 0 unspecified atom stereocenters. The lowest BCUT2D eigenvalue weighted by atomic mass is 10.2. The van der Waals surface area contributed by atoms with Crippen molar-refractivity contribution < 1.29 is 9.59 Å². The minimum Gasteiger partial charge on any atom is -0.336 e. The van der Waals surface area contributed by atoms with Crippen molar-refractivity contribution in [2.45, 2.75) is 26.4 Å². The summed E-state index contributed by atoms with van der Waals surface area (Å²) < 4.78 is 0.858. The molecule has 0 aliphatic rings. The fourth-order valence-electron chi connectivity index (χ4n) is 2.03. The first kappa shape index (κ1) is 18.0. The number of amides is 3. The number of urea groups is 1. The zero-order valence-corrected chi connectivity index (χ0v) is 15.2. The molecule has 0 aliphatic carbocycles. The van der Waals surface area contributed by atoms with Gasteiger partial charge < -0.3 is 16.0 Å². The Morgan fingerprint density at radius 3 is 2.42 bits per heavy atom. The second kappa shape index (κ2) is 8.49. The molecule has 0 heterocycles. The zero-order chi connectivity index (χ0) is 17.5. The highest BCUT2D eigenvalue weighted by molar-refractivity contribution is 9.10. The molecule has 0 bridgehead atoms. The van der Waals surface area contributed by atoms with Gasteiger partial charge in [-0.2, -0.15) is 0 Å². The number of benzene rings is 2. The fourth-order valence-corrected chi connectivity index (χ4v) is 2.43. The standard InChI is InChI=1S/C18H20BrN3O2/c1-12(2)21-18(24)20-11-13-6-8-16(9-7-13)22-17(23)14-4-3-5-15(19)10-14/h3-10,12H,11H2,1-2H3,(H,22,23)(H2,20,21,24). The Hall–Kier alpha value is -2.34. The summed E-state index contributed by atoms with van der Waals surface area (Å²) in [5, 5.41) is 8.39. The van der Waals surface area contributed by atoms with Gasteiger partial charge in [-0.3, -0.25) is 4.79 Å². The third-order valence-corrected chi connectivity index (χ3v) is 3.66. The lowest BCUT2D eigenvalue weighted by Crippen LogP contribution is -2.39. The summed E-state index contributed by atoms with van der Waals surface area (Å²) in [6.07, 6.45) is 0. The maximum absolute atomic E-state index is 12.2. The molecular formula is C18H20BrN3O2. The second-order valence-electron chi connectivity index (χ2n) is 5.64. The average molecular weight is 390 g/mol. The van der Waals surface area contributed by atoms with E-state index in [0.29, 0.717) is 17.8 Å². The molecule has 24 heavy (non-hydrogen) atoms. The molecule has 6 heteroatoms.